The van der Waals surface area contributed by atoms with Crippen LogP contribution in [0.4, 0.5) is 0 Å². The summed E-state index contributed by atoms with van der Waals surface area (Å²) in [5.74, 6) is -0.697. The smallest absolute Gasteiger partial charge is 0.306 e. The number of carbonyl (C=O) groups is 2. The van der Waals surface area contributed by atoms with E-state index in [-0.39, 0.29) is 38.0 Å². The van der Waals surface area contributed by atoms with Gasteiger partial charge >= 0.3 is 11.9 Å². The topological polar surface area (TPSA) is 80.3 Å². The molecule has 0 saturated carbocycles. The lowest BCUT2D eigenvalue weighted by Gasteiger charge is -2.45. The minimum atomic E-state index is -0.854. The molecule has 1 fully saturated rings. The summed E-state index contributed by atoms with van der Waals surface area (Å²) in [5.41, 5.74) is 1.44. The molecule has 3 aromatic rings. The molecule has 7 nitrogen and oxygen atoms in total. The van der Waals surface area contributed by atoms with Crippen LogP contribution in [0.25, 0.3) is 0 Å². The van der Waals surface area contributed by atoms with Crippen LogP contribution in [0.15, 0.2) is 108 Å². The van der Waals surface area contributed by atoms with Crippen molar-refractivity contribution >= 4 is 23.7 Å². The van der Waals surface area contributed by atoms with Gasteiger partial charge in [-0.1, -0.05) is 103 Å². The molecule has 0 amide bonds. The lowest BCUT2D eigenvalue weighted by molar-refractivity contribution is -0.247. The molecule has 2 aliphatic rings. The number of ether oxygens (including phenoxy) is 5. The van der Waals surface area contributed by atoms with Crippen molar-refractivity contribution in [3.05, 3.63) is 114 Å². The van der Waals surface area contributed by atoms with E-state index >= 15 is 0 Å². The molecule has 8 heteroatoms. The Morgan fingerprint density at radius 1 is 0.690 bits per heavy atom. The first-order valence-electron chi connectivity index (χ1n) is 14.3. The molecule has 42 heavy (non-hydrogen) atoms. The number of cyclic esters (lactones) is 1. The van der Waals surface area contributed by atoms with Crippen LogP contribution in [0, 0.1) is 0 Å². The van der Waals surface area contributed by atoms with Gasteiger partial charge in [0.05, 0.1) is 13.2 Å². The molecule has 220 valence electrons. The van der Waals surface area contributed by atoms with Crippen molar-refractivity contribution in [2.45, 2.75) is 73.6 Å². The Labute approximate surface area is 251 Å². The predicted octanol–water partition coefficient (Wildman–Crippen LogP) is 6.26. The van der Waals surface area contributed by atoms with Crippen molar-refractivity contribution in [3.63, 3.8) is 0 Å². The highest BCUT2D eigenvalue weighted by molar-refractivity contribution is 7.99. The number of hydrogen-bond donors (Lipinski definition) is 0. The molecule has 5 rings (SSSR count). The molecule has 2 heterocycles. The standard InChI is InChI=1S/C34H36O7S/c35-29-20-12-1-2-13-21-30(36)41-31-28(24-37-29)40-34(42-27-18-10-5-11-19-27)33(39-23-26-16-8-4-9-17-26)32(31)38-22-25-14-6-3-7-15-25/h1-11,14-19,28,31-34H,12-13,20-24H2/b2-1+/t28-,31-,32+,33-,34+/m1/s1. The average molecular weight is 589 g/mol. The Morgan fingerprint density at radius 3 is 1.86 bits per heavy atom. The van der Waals surface area contributed by atoms with Crippen molar-refractivity contribution in [2.24, 2.45) is 0 Å². The van der Waals surface area contributed by atoms with Gasteiger partial charge in [0.1, 0.15) is 30.4 Å². The van der Waals surface area contributed by atoms with Crippen LogP contribution in [0.1, 0.15) is 36.8 Å². The van der Waals surface area contributed by atoms with Crippen molar-refractivity contribution < 1.29 is 33.3 Å². The number of fused-ring (bicyclic) bond motifs is 1. The molecule has 0 bridgehead atoms. The lowest BCUT2D eigenvalue weighted by atomic mass is 9.99. The number of allylic oxidation sites excluding steroid dienone is 2. The SMILES string of the molecule is O=C1CC/C=C/CCC(=O)O[C@H]2[C@H](OCc3ccccc3)[C@@H](OCc3ccccc3)[C@H](Sc3ccccc3)O[C@@H]2CO1. The highest BCUT2D eigenvalue weighted by atomic mass is 32.2. The molecule has 0 radical (unpaired) electrons. The normalized spacial score (nSPS) is 26.0. The maximum absolute atomic E-state index is 13.1. The summed E-state index contributed by atoms with van der Waals surface area (Å²) in [6.45, 7) is 0.530. The summed E-state index contributed by atoms with van der Waals surface area (Å²) in [6, 6.07) is 29.6. The Hall–Kier alpha value is -3.43. The molecule has 3 aromatic carbocycles. The number of esters is 2. The number of carbonyl (C=O) groups excluding carboxylic acids is 2. The zero-order valence-corrected chi connectivity index (χ0v) is 24.2. The molecule has 0 unspecified atom stereocenters. The van der Waals surface area contributed by atoms with Crippen LogP contribution in [-0.4, -0.2) is 48.4 Å². The quantitative estimate of drug-likeness (QED) is 0.225. The highest BCUT2D eigenvalue weighted by Crippen LogP contribution is 2.38. The van der Waals surface area contributed by atoms with Crippen molar-refractivity contribution in [1.82, 2.24) is 0 Å². The van der Waals surface area contributed by atoms with Crippen LogP contribution in [0.3, 0.4) is 0 Å². The van der Waals surface area contributed by atoms with Gasteiger partial charge in [-0.25, -0.2) is 0 Å². The van der Waals surface area contributed by atoms with Crippen LogP contribution in [0.5, 0.6) is 0 Å². The molecular formula is C34H36O7S. The Kier molecular flexibility index (Phi) is 11.2. The fraction of sp³-hybridized carbons (Fsp3) is 0.353. The van der Waals surface area contributed by atoms with Gasteiger partial charge in [0, 0.05) is 17.7 Å². The van der Waals surface area contributed by atoms with Crippen LogP contribution in [-0.2, 0) is 46.5 Å². The van der Waals surface area contributed by atoms with Crippen LogP contribution < -0.4 is 0 Å². The molecule has 1 saturated heterocycles. The first-order chi connectivity index (χ1) is 20.7. The van der Waals surface area contributed by atoms with Gasteiger partial charge in [0.15, 0.2) is 6.10 Å². The van der Waals surface area contributed by atoms with E-state index in [0.717, 1.165) is 16.0 Å². The number of hydrogen-bond acceptors (Lipinski definition) is 8. The molecule has 0 spiro atoms. The Morgan fingerprint density at radius 2 is 1.24 bits per heavy atom. The maximum atomic E-state index is 13.1. The molecule has 0 aromatic heterocycles. The van der Waals surface area contributed by atoms with E-state index in [0.29, 0.717) is 19.4 Å². The molecule has 0 aliphatic carbocycles. The summed E-state index contributed by atoms with van der Waals surface area (Å²) in [4.78, 5) is 26.6. The van der Waals surface area contributed by atoms with E-state index in [1.165, 1.54) is 11.8 Å². The highest BCUT2D eigenvalue weighted by Gasteiger charge is 2.50. The van der Waals surface area contributed by atoms with Gasteiger partial charge in [0.25, 0.3) is 0 Å². The molecule has 2 aliphatic heterocycles. The van der Waals surface area contributed by atoms with Crippen LogP contribution in [0.2, 0.25) is 0 Å². The van der Waals surface area contributed by atoms with Gasteiger partial charge in [-0.2, -0.15) is 0 Å². The van der Waals surface area contributed by atoms with E-state index in [2.05, 4.69) is 0 Å². The number of benzene rings is 3. The first kappa shape index (κ1) is 30.0. The summed E-state index contributed by atoms with van der Waals surface area (Å²) >= 11 is 1.50. The third-order valence-corrected chi connectivity index (χ3v) is 8.19. The van der Waals surface area contributed by atoms with Gasteiger partial charge in [0.2, 0.25) is 0 Å². The van der Waals surface area contributed by atoms with Crippen molar-refractivity contribution in [3.8, 4) is 0 Å². The van der Waals surface area contributed by atoms with E-state index in [1.54, 1.807) is 0 Å². The van der Waals surface area contributed by atoms with E-state index < -0.39 is 29.9 Å². The minimum absolute atomic E-state index is 0.0665. The zero-order chi connectivity index (χ0) is 29.0. The molecule has 5 atom stereocenters. The molecule has 0 N–H and O–H groups in total. The Balaban J connectivity index is 1.48. The first-order valence-corrected chi connectivity index (χ1v) is 15.2. The maximum Gasteiger partial charge on any atom is 0.306 e. The van der Waals surface area contributed by atoms with Gasteiger partial charge < -0.3 is 23.7 Å². The summed E-state index contributed by atoms with van der Waals surface area (Å²) in [7, 11) is 0. The van der Waals surface area contributed by atoms with Crippen molar-refractivity contribution in [1.29, 1.82) is 0 Å². The van der Waals surface area contributed by atoms with Gasteiger partial charge in [-0.3, -0.25) is 9.59 Å². The number of thioether (sulfide) groups is 1. The van der Waals surface area contributed by atoms with Crippen molar-refractivity contribution in [2.75, 3.05) is 6.61 Å². The second kappa shape index (κ2) is 15.7. The fourth-order valence-corrected chi connectivity index (χ4v) is 6.03. The second-order valence-electron chi connectivity index (χ2n) is 10.2. The van der Waals surface area contributed by atoms with Gasteiger partial charge in [-0.05, 0) is 36.1 Å². The zero-order valence-electron chi connectivity index (χ0n) is 23.4. The van der Waals surface area contributed by atoms with Crippen LogP contribution >= 0.6 is 11.8 Å². The van der Waals surface area contributed by atoms with Gasteiger partial charge in [-0.15, -0.1) is 0 Å². The lowest BCUT2D eigenvalue weighted by Crippen LogP contribution is -2.61. The average Bonchev–Trinajstić information content (AvgIpc) is 3.03. The summed E-state index contributed by atoms with van der Waals surface area (Å²) in [6.07, 6.45) is 2.40. The minimum Gasteiger partial charge on any atom is -0.463 e. The largest absolute Gasteiger partial charge is 0.463 e. The fourth-order valence-electron chi connectivity index (χ4n) is 4.88. The predicted molar refractivity (Wildman–Crippen MR) is 159 cm³/mol. The molecular weight excluding hydrogens is 552 g/mol. The second-order valence-corrected chi connectivity index (χ2v) is 11.4. The van der Waals surface area contributed by atoms with E-state index in [4.69, 9.17) is 23.7 Å². The summed E-state index contributed by atoms with van der Waals surface area (Å²) < 4.78 is 31.5. The van der Waals surface area contributed by atoms with E-state index in [9.17, 15) is 9.59 Å². The monoisotopic (exact) mass is 588 g/mol. The van der Waals surface area contributed by atoms with E-state index in [1.807, 2.05) is 103 Å². The third kappa shape index (κ3) is 8.79. The summed E-state index contributed by atoms with van der Waals surface area (Å²) in [5, 5.41) is 0. The number of rotatable bonds is 8. The Bertz CT molecular complexity index is 1290. The third-order valence-electron chi connectivity index (χ3n) is 7.03.